The molecule has 27 heavy (non-hydrogen) atoms. The van der Waals surface area contributed by atoms with Gasteiger partial charge in [0.15, 0.2) is 5.96 Å². The van der Waals surface area contributed by atoms with Gasteiger partial charge in [-0.1, -0.05) is 12.1 Å². The van der Waals surface area contributed by atoms with E-state index in [-0.39, 0.29) is 29.9 Å². The summed E-state index contributed by atoms with van der Waals surface area (Å²) in [5.74, 6) is 1.79. The van der Waals surface area contributed by atoms with Gasteiger partial charge in [-0.3, -0.25) is 4.79 Å². The summed E-state index contributed by atoms with van der Waals surface area (Å²) in [6.45, 7) is 7.26. The maximum absolute atomic E-state index is 11.8. The fourth-order valence-electron chi connectivity index (χ4n) is 3.69. The van der Waals surface area contributed by atoms with Gasteiger partial charge in [0, 0.05) is 51.3 Å². The van der Waals surface area contributed by atoms with E-state index in [0.717, 1.165) is 62.8 Å². The van der Waals surface area contributed by atoms with Gasteiger partial charge in [-0.05, 0) is 37.5 Å². The number of benzene rings is 1. The Bertz CT molecular complexity index is 635. The van der Waals surface area contributed by atoms with Crippen molar-refractivity contribution < 1.29 is 9.53 Å². The number of carbonyl (C=O) groups is 1. The van der Waals surface area contributed by atoms with E-state index in [9.17, 15) is 4.79 Å². The van der Waals surface area contributed by atoms with Gasteiger partial charge < -0.3 is 19.9 Å². The fraction of sp³-hybridized carbons (Fsp3) is 0.600. The minimum Gasteiger partial charge on any atom is -0.384 e. The highest BCUT2D eigenvalue weighted by molar-refractivity contribution is 14.0. The molecular formula is C20H31IN4O2. The second-order valence-electron chi connectivity index (χ2n) is 7.04. The molecule has 2 saturated heterocycles. The Hall–Kier alpha value is -1.35. The van der Waals surface area contributed by atoms with E-state index in [1.54, 1.807) is 7.11 Å². The van der Waals surface area contributed by atoms with E-state index >= 15 is 0 Å². The molecule has 1 atom stereocenters. The van der Waals surface area contributed by atoms with Crippen molar-refractivity contribution in [1.82, 2.24) is 10.2 Å². The number of nitrogens with one attached hydrogen (secondary N) is 1. The largest absolute Gasteiger partial charge is 0.384 e. The lowest BCUT2D eigenvalue weighted by Gasteiger charge is -2.21. The Kier molecular flexibility index (Phi) is 8.82. The monoisotopic (exact) mass is 486 g/mol. The van der Waals surface area contributed by atoms with Gasteiger partial charge in [-0.25, -0.2) is 4.99 Å². The molecule has 0 aliphatic carbocycles. The average molecular weight is 486 g/mol. The standard InChI is InChI=1S/C20H30N4O2.HI/c1-3-21-20(23-12-10-17(14-23)15-26-2)22-13-16-6-8-18(9-7-16)24-11-4-5-19(24)25;/h6-9,17H,3-5,10-15H2,1-2H3,(H,21,22);1H. The molecule has 7 heteroatoms. The number of methoxy groups -OCH3 is 1. The first-order valence-corrected chi connectivity index (χ1v) is 9.62. The van der Waals surface area contributed by atoms with Gasteiger partial charge in [0.25, 0.3) is 0 Å². The molecule has 0 spiro atoms. The number of carbonyl (C=O) groups excluding carboxylic acids is 1. The summed E-state index contributed by atoms with van der Waals surface area (Å²) in [5, 5.41) is 3.40. The molecule has 2 aliphatic heterocycles. The minimum absolute atomic E-state index is 0. The Morgan fingerprint density at radius 3 is 2.70 bits per heavy atom. The van der Waals surface area contributed by atoms with Crippen LogP contribution in [0.15, 0.2) is 29.3 Å². The van der Waals surface area contributed by atoms with E-state index in [1.807, 2.05) is 17.0 Å². The van der Waals surface area contributed by atoms with Crippen LogP contribution in [-0.2, 0) is 16.1 Å². The predicted octanol–water partition coefficient (Wildman–Crippen LogP) is 2.87. The van der Waals surface area contributed by atoms with Gasteiger partial charge in [-0.15, -0.1) is 24.0 Å². The molecule has 0 bridgehead atoms. The van der Waals surface area contributed by atoms with Crippen LogP contribution < -0.4 is 10.2 Å². The third kappa shape index (κ3) is 5.81. The SMILES string of the molecule is CCNC(=NCc1ccc(N2CCCC2=O)cc1)N1CCC(COC)C1.I. The summed E-state index contributed by atoms with van der Waals surface area (Å²) < 4.78 is 5.29. The molecule has 0 aromatic heterocycles. The summed E-state index contributed by atoms with van der Waals surface area (Å²) in [6.07, 6.45) is 2.77. The minimum atomic E-state index is 0. The number of anilines is 1. The smallest absolute Gasteiger partial charge is 0.227 e. The summed E-state index contributed by atoms with van der Waals surface area (Å²) >= 11 is 0. The molecule has 3 rings (SSSR count). The van der Waals surface area contributed by atoms with Gasteiger partial charge in [0.2, 0.25) is 5.91 Å². The zero-order valence-electron chi connectivity index (χ0n) is 16.3. The zero-order valence-corrected chi connectivity index (χ0v) is 18.6. The lowest BCUT2D eigenvalue weighted by atomic mass is 10.1. The van der Waals surface area contributed by atoms with Crippen molar-refractivity contribution in [3.05, 3.63) is 29.8 Å². The predicted molar refractivity (Wildman–Crippen MR) is 120 cm³/mol. The molecule has 1 unspecified atom stereocenters. The lowest BCUT2D eigenvalue weighted by molar-refractivity contribution is -0.117. The van der Waals surface area contributed by atoms with Crippen LogP contribution in [0.3, 0.4) is 0 Å². The average Bonchev–Trinajstić information content (AvgIpc) is 3.29. The van der Waals surface area contributed by atoms with Crippen LogP contribution in [0.2, 0.25) is 0 Å². The van der Waals surface area contributed by atoms with Crippen molar-refractivity contribution in [3.63, 3.8) is 0 Å². The van der Waals surface area contributed by atoms with Crippen molar-refractivity contribution >= 4 is 41.5 Å². The van der Waals surface area contributed by atoms with Crippen LogP contribution in [0.1, 0.15) is 31.7 Å². The molecule has 2 aliphatic rings. The number of ether oxygens (including phenoxy) is 1. The molecule has 1 aromatic rings. The number of hydrogen-bond acceptors (Lipinski definition) is 3. The maximum atomic E-state index is 11.8. The van der Waals surface area contributed by atoms with E-state index < -0.39 is 0 Å². The highest BCUT2D eigenvalue weighted by atomic mass is 127. The fourth-order valence-corrected chi connectivity index (χ4v) is 3.69. The first kappa shape index (κ1) is 21.9. The third-order valence-electron chi connectivity index (χ3n) is 5.06. The van der Waals surface area contributed by atoms with Crippen molar-refractivity contribution in [2.45, 2.75) is 32.7 Å². The van der Waals surface area contributed by atoms with Gasteiger partial charge in [0.05, 0.1) is 13.2 Å². The highest BCUT2D eigenvalue weighted by Crippen LogP contribution is 2.22. The van der Waals surface area contributed by atoms with Crippen molar-refractivity contribution in [3.8, 4) is 0 Å². The van der Waals surface area contributed by atoms with Crippen LogP contribution >= 0.6 is 24.0 Å². The Balaban J connectivity index is 0.00000261. The summed E-state index contributed by atoms with van der Waals surface area (Å²) in [7, 11) is 1.77. The third-order valence-corrected chi connectivity index (χ3v) is 5.06. The normalized spacial score (nSPS) is 20.1. The summed E-state index contributed by atoms with van der Waals surface area (Å²) in [5.41, 5.74) is 2.15. The van der Waals surface area contributed by atoms with Crippen molar-refractivity contribution in [2.24, 2.45) is 10.9 Å². The number of nitrogens with zero attached hydrogens (tertiary/aromatic N) is 3. The first-order chi connectivity index (χ1) is 12.7. The van der Waals surface area contributed by atoms with Crippen LogP contribution in [0, 0.1) is 5.92 Å². The molecule has 0 saturated carbocycles. The number of likely N-dealkylation sites (tertiary alicyclic amines) is 1. The number of aliphatic imine (C=N–C) groups is 1. The Morgan fingerprint density at radius 1 is 1.30 bits per heavy atom. The van der Waals surface area contributed by atoms with Gasteiger partial charge in [0.1, 0.15) is 0 Å². The van der Waals surface area contributed by atoms with Crippen molar-refractivity contribution in [2.75, 3.05) is 44.8 Å². The molecular weight excluding hydrogens is 455 g/mol. The first-order valence-electron chi connectivity index (χ1n) is 9.62. The van der Waals surface area contributed by atoms with Gasteiger partial charge in [-0.2, -0.15) is 0 Å². The number of halogens is 1. The van der Waals surface area contributed by atoms with Crippen molar-refractivity contribution in [1.29, 1.82) is 0 Å². The number of rotatable bonds is 6. The molecule has 1 N–H and O–H groups in total. The second kappa shape index (κ2) is 10.8. The number of hydrogen-bond donors (Lipinski definition) is 1. The number of guanidine groups is 1. The summed E-state index contributed by atoms with van der Waals surface area (Å²) in [6, 6.07) is 8.22. The second-order valence-corrected chi connectivity index (χ2v) is 7.04. The number of amides is 1. The van der Waals surface area contributed by atoms with Gasteiger partial charge >= 0.3 is 0 Å². The van der Waals surface area contributed by atoms with E-state index in [4.69, 9.17) is 9.73 Å². The molecule has 0 radical (unpaired) electrons. The maximum Gasteiger partial charge on any atom is 0.227 e. The van der Waals surface area contributed by atoms with Crippen LogP contribution in [0.5, 0.6) is 0 Å². The van der Waals surface area contributed by atoms with Crippen LogP contribution in [0.4, 0.5) is 5.69 Å². The molecule has 1 amide bonds. The molecule has 2 fully saturated rings. The Labute approximate surface area is 179 Å². The van der Waals surface area contributed by atoms with Crippen LogP contribution in [-0.4, -0.2) is 56.7 Å². The molecule has 6 nitrogen and oxygen atoms in total. The molecule has 150 valence electrons. The van der Waals surface area contributed by atoms with E-state index in [0.29, 0.717) is 18.9 Å². The molecule has 1 aromatic carbocycles. The zero-order chi connectivity index (χ0) is 18.4. The Morgan fingerprint density at radius 2 is 2.07 bits per heavy atom. The highest BCUT2D eigenvalue weighted by Gasteiger charge is 2.24. The van der Waals surface area contributed by atoms with Crippen LogP contribution in [0.25, 0.3) is 0 Å². The quantitative estimate of drug-likeness (QED) is 0.382. The van der Waals surface area contributed by atoms with E-state index in [1.165, 1.54) is 0 Å². The van der Waals surface area contributed by atoms with E-state index in [2.05, 4.69) is 29.3 Å². The summed E-state index contributed by atoms with van der Waals surface area (Å²) in [4.78, 5) is 20.9. The topological polar surface area (TPSA) is 57.2 Å². The lowest BCUT2D eigenvalue weighted by Crippen LogP contribution is -2.40. The molecule has 2 heterocycles.